The highest BCUT2D eigenvalue weighted by atomic mass is 19.1. The number of urea groups is 1. The van der Waals surface area contributed by atoms with Crippen molar-refractivity contribution >= 4 is 28.5 Å². The highest BCUT2D eigenvalue weighted by Gasteiger charge is 2.37. The van der Waals surface area contributed by atoms with Crippen LogP contribution >= 0.6 is 0 Å². The third-order valence-electron chi connectivity index (χ3n) is 7.66. The molecule has 0 spiro atoms. The van der Waals surface area contributed by atoms with Gasteiger partial charge in [-0.05, 0) is 42.3 Å². The minimum Gasteiger partial charge on any atom is -0.491 e. The first-order valence-corrected chi connectivity index (χ1v) is 14.5. The van der Waals surface area contributed by atoms with E-state index in [0.29, 0.717) is 34.8 Å². The Balaban J connectivity index is 1.15. The lowest BCUT2D eigenvalue weighted by Gasteiger charge is -2.26. The Morgan fingerprint density at radius 1 is 0.955 bits per heavy atom. The summed E-state index contributed by atoms with van der Waals surface area (Å²) in [6, 6.07) is 18.2. The molecule has 1 aromatic heterocycles. The zero-order chi connectivity index (χ0) is 30.5. The molecule has 2 saturated heterocycles. The SMILES string of the molecule is COc1c(OCCCN2CCOCC2)ccc2c(Oc3ccc(N4CC(=O)N(Cc5ccccc5)C4=O)cc3F)ccnc12. The topological polar surface area (TPSA) is 93.7 Å². The van der Waals surface area contributed by atoms with E-state index in [1.54, 1.807) is 37.6 Å². The van der Waals surface area contributed by atoms with Crippen LogP contribution in [-0.2, 0) is 16.1 Å². The number of methoxy groups -OCH3 is 1. The van der Waals surface area contributed by atoms with Crippen LogP contribution in [0.1, 0.15) is 12.0 Å². The number of halogens is 1. The van der Waals surface area contributed by atoms with Crippen molar-refractivity contribution in [2.75, 3.05) is 58.0 Å². The molecule has 0 aliphatic carbocycles. The zero-order valence-electron chi connectivity index (χ0n) is 24.4. The molecule has 2 aliphatic heterocycles. The molecule has 3 heterocycles. The number of anilines is 1. The maximum Gasteiger partial charge on any atom is 0.332 e. The standard InChI is InChI=1S/C33H33FN4O6/c1-41-32-29(43-17-5-14-36-15-18-42-19-16-36)11-9-25-27(12-13-35-31(25)32)44-28-10-8-24(20-26(28)34)37-22-30(39)38(33(37)40)21-23-6-3-2-4-7-23/h2-4,6-13,20H,5,14-19,21-22H2,1H3. The Kier molecular flexibility index (Phi) is 8.85. The van der Waals surface area contributed by atoms with Crippen LogP contribution in [0.4, 0.5) is 14.9 Å². The van der Waals surface area contributed by atoms with E-state index in [2.05, 4.69) is 9.88 Å². The highest BCUT2D eigenvalue weighted by molar-refractivity contribution is 6.12. The summed E-state index contributed by atoms with van der Waals surface area (Å²) >= 11 is 0. The molecule has 0 saturated carbocycles. The first-order valence-electron chi connectivity index (χ1n) is 14.5. The van der Waals surface area contributed by atoms with Gasteiger partial charge in [-0.1, -0.05) is 30.3 Å². The van der Waals surface area contributed by atoms with Crippen molar-refractivity contribution in [3.05, 3.63) is 84.3 Å². The number of imide groups is 1. The molecule has 2 fully saturated rings. The molecule has 44 heavy (non-hydrogen) atoms. The fraction of sp³-hybridized carbons (Fsp3) is 0.303. The van der Waals surface area contributed by atoms with E-state index in [-0.39, 0.29) is 30.4 Å². The number of carbonyl (C=O) groups excluding carboxylic acids is 2. The lowest BCUT2D eigenvalue weighted by atomic mass is 10.1. The summed E-state index contributed by atoms with van der Waals surface area (Å²) in [4.78, 5) is 34.9. The van der Waals surface area contributed by atoms with E-state index < -0.39 is 11.8 Å². The van der Waals surface area contributed by atoms with Gasteiger partial charge in [0.25, 0.3) is 5.91 Å². The zero-order valence-corrected chi connectivity index (χ0v) is 24.4. The Bertz CT molecular complexity index is 1650. The van der Waals surface area contributed by atoms with Gasteiger partial charge in [-0.25, -0.2) is 9.18 Å². The van der Waals surface area contributed by atoms with Crippen molar-refractivity contribution in [3.63, 3.8) is 0 Å². The molecule has 0 radical (unpaired) electrons. The normalized spacial score (nSPS) is 15.7. The lowest BCUT2D eigenvalue weighted by molar-refractivity contribution is -0.125. The second kappa shape index (κ2) is 13.3. The molecular formula is C33H33FN4O6. The van der Waals surface area contributed by atoms with E-state index in [1.165, 1.54) is 17.0 Å². The molecule has 0 unspecified atom stereocenters. The summed E-state index contributed by atoms with van der Waals surface area (Å²) in [6.45, 7) is 4.80. The van der Waals surface area contributed by atoms with Gasteiger partial charge in [0, 0.05) is 43.0 Å². The quantitative estimate of drug-likeness (QED) is 0.170. The Labute approximate surface area is 254 Å². The van der Waals surface area contributed by atoms with Crippen molar-refractivity contribution in [3.8, 4) is 23.0 Å². The van der Waals surface area contributed by atoms with Gasteiger partial charge in [-0.2, -0.15) is 0 Å². The number of rotatable bonds is 11. The number of fused-ring (bicyclic) bond motifs is 1. The van der Waals surface area contributed by atoms with Gasteiger partial charge in [-0.15, -0.1) is 0 Å². The molecular weight excluding hydrogens is 567 g/mol. The van der Waals surface area contributed by atoms with E-state index in [9.17, 15) is 9.59 Å². The third-order valence-corrected chi connectivity index (χ3v) is 7.66. The Morgan fingerprint density at radius 3 is 2.52 bits per heavy atom. The summed E-state index contributed by atoms with van der Waals surface area (Å²) in [5.74, 6) is 0.336. The van der Waals surface area contributed by atoms with Gasteiger partial charge in [0.15, 0.2) is 23.1 Å². The van der Waals surface area contributed by atoms with Gasteiger partial charge in [0.2, 0.25) is 0 Å². The molecule has 6 rings (SSSR count). The van der Waals surface area contributed by atoms with Crippen LogP contribution < -0.4 is 19.1 Å². The predicted octanol–water partition coefficient (Wildman–Crippen LogP) is 5.24. The minimum absolute atomic E-state index is 0.0391. The van der Waals surface area contributed by atoms with Crippen molar-refractivity contribution in [2.24, 2.45) is 0 Å². The number of ether oxygens (including phenoxy) is 4. The summed E-state index contributed by atoms with van der Waals surface area (Å²) in [6.07, 6.45) is 2.42. The van der Waals surface area contributed by atoms with Crippen molar-refractivity contribution in [2.45, 2.75) is 13.0 Å². The summed E-state index contributed by atoms with van der Waals surface area (Å²) in [7, 11) is 1.55. The van der Waals surface area contributed by atoms with Gasteiger partial charge in [0.05, 0.1) is 33.5 Å². The highest BCUT2D eigenvalue weighted by Crippen LogP contribution is 2.40. The first kappa shape index (κ1) is 29.3. The smallest absolute Gasteiger partial charge is 0.332 e. The van der Waals surface area contributed by atoms with Crippen LogP contribution in [0.5, 0.6) is 23.0 Å². The molecule has 0 bridgehead atoms. The van der Waals surface area contributed by atoms with Crippen LogP contribution in [-0.4, -0.2) is 79.8 Å². The molecule has 2 aliphatic rings. The number of hydrogen-bond donors (Lipinski definition) is 0. The number of morpholine rings is 1. The van der Waals surface area contributed by atoms with E-state index in [1.807, 2.05) is 30.3 Å². The second-order valence-electron chi connectivity index (χ2n) is 10.5. The number of carbonyl (C=O) groups is 2. The monoisotopic (exact) mass is 600 g/mol. The Hall–Kier alpha value is -4.74. The van der Waals surface area contributed by atoms with Crippen LogP contribution in [0, 0.1) is 5.82 Å². The van der Waals surface area contributed by atoms with Gasteiger partial charge in [0.1, 0.15) is 17.8 Å². The minimum atomic E-state index is -0.679. The first-order chi connectivity index (χ1) is 21.5. The lowest BCUT2D eigenvalue weighted by Crippen LogP contribution is -2.37. The molecule has 11 heteroatoms. The fourth-order valence-corrected chi connectivity index (χ4v) is 5.37. The second-order valence-corrected chi connectivity index (χ2v) is 10.5. The molecule has 3 amide bonds. The third kappa shape index (κ3) is 6.29. The number of aromatic nitrogens is 1. The average molecular weight is 601 g/mol. The predicted molar refractivity (Wildman–Crippen MR) is 162 cm³/mol. The number of hydrogen-bond acceptors (Lipinski definition) is 8. The molecule has 10 nitrogen and oxygen atoms in total. The van der Waals surface area contributed by atoms with Crippen LogP contribution in [0.25, 0.3) is 10.9 Å². The number of amides is 3. The summed E-state index contributed by atoms with van der Waals surface area (Å²) in [5, 5.41) is 0.616. The molecule has 0 N–H and O–H groups in total. The van der Waals surface area contributed by atoms with Crippen molar-refractivity contribution < 1.29 is 32.9 Å². The van der Waals surface area contributed by atoms with E-state index in [0.717, 1.165) is 49.7 Å². The van der Waals surface area contributed by atoms with Crippen molar-refractivity contribution in [1.82, 2.24) is 14.8 Å². The van der Waals surface area contributed by atoms with Gasteiger partial charge >= 0.3 is 6.03 Å². The van der Waals surface area contributed by atoms with Gasteiger partial charge in [-0.3, -0.25) is 24.5 Å². The molecule has 228 valence electrons. The molecule has 3 aromatic carbocycles. The maximum atomic E-state index is 15.3. The number of benzene rings is 3. The molecule has 4 aromatic rings. The largest absolute Gasteiger partial charge is 0.491 e. The number of pyridine rings is 1. The van der Waals surface area contributed by atoms with E-state index in [4.69, 9.17) is 18.9 Å². The Morgan fingerprint density at radius 2 is 1.75 bits per heavy atom. The van der Waals surface area contributed by atoms with Crippen LogP contribution in [0.2, 0.25) is 0 Å². The van der Waals surface area contributed by atoms with Gasteiger partial charge < -0.3 is 18.9 Å². The average Bonchev–Trinajstić information content (AvgIpc) is 3.33. The van der Waals surface area contributed by atoms with Crippen molar-refractivity contribution in [1.29, 1.82) is 0 Å². The molecule has 0 atom stereocenters. The van der Waals surface area contributed by atoms with Crippen LogP contribution in [0.15, 0.2) is 72.9 Å². The van der Waals surface area contributed by atoms with E-state index >= 15 is 4.39 Å². The maximum absolute atomic E-state index is 15.3. The van der Waals surface area contributed by atoms with Crippen LogP contribution in [0.3, 0.4) is 0 Å². The summed E-state index contributed by atoms with van der Waals surface area (Å²) < 4.78 is 38.4. The summed E-state index contributed by atoms with van der Waals surface area (Å²) in [5.41, 5.74) is 1.61. The number of nitrogens with zero attached hydrogens (tertiary/aromatic N) is 4. The fourth-order valence-electron chi connectivity index (χ4n) is 5.37.